The first-order chi connectivity index (χ1) is 5.60. The Morgan fingerprint density at radius 1 is 1.25 bits per heavy atom. The van der Waals surface area contributed by atoms with Gasteiger partial charge >= 0.3 is 0 Å². The van der Waals surface area contributed by atoms with Gasteiger partial charge in [-0.3, -0.25) is 0 Å². The van der Waals surface area contributed by atoms with Crippen molar-refractivity contribution < 1.29 is 5.11 Å². The van der Waals surface area contributed by atoms with Crippen molar-refractivity contribution in [2.24, 2.45) is 17.6 Å². The van der Waals surface area contributed by atoms with Gasteiger partial charge in [-0.25, -0.2) is 0 Å². The molecular weight excluding hydrogens is 150 g/mol. The van der Waals surface area contributed by atoms with Crippen LogP contribution in [0.2, 0.25) is 0 Å². The van der Waals surface area contributed by atoms with E-state index in [0.29, 0.717) is 11.8 Å². The van der Waals surface area contributed by atoms with E-state index in [1.807, 2.05) is 0 Å². The van der Waals surface area contributed by atoms with E-state index in [1.165, 1.54) is 0 Å². The number of aliphatic hydroxyl groups excluding tert-OH is 1. The molecule has 2 atom stereocenters. The summed E-state index contributed by atoms with van der Waals surface area (Å²) in [6, 6.07) is 0.266. The fraction of sp³-hybridized carbons (Fsp3) is 1.00. The van der Waals surface area contributed by atoms with Crippen LogP contribution in [0.15, 0.2) is 0 Å². The summed E-state index contributed by atoms with van der Waals surface area (Å²) < 4.78 is 0. The molecule has 0 aromatic carbocycles. The Balaban J connectivity index is 3.58. The lowest BCUT2D eigenvalue weighted by molar-refractivity contribution is 0.203. The molecule has 0 bridgehead atoms. The van der Waals surface area contributed by atoms with Crippen LogP contribution in [0.1, 0.15) is 40.0 Å². The van der Waals surface area contributed by atoms with Crippen molar-refractivity contribution in [1.82, 2.24) is 0 Å². The lowest BCUT2D eigenvalue weighted by Gasteiger charge is -2.18. The van der Waals surface area contributed by atoms with Gasteiger partial charge in [0, 0.05) is 12.6 Å². The molecule has 0 amide bonds. The summed E-state index contributed by atoms with van der Waals surface area (Å²) in [5.41, 5.74) is 5.92. The molecular formula is C10H23NO. The van der Waals surface area contributed by atoms with Crippen LogP contribution in [0.25, 0.3) is 0 Å². The van der Waals surface area contributed by atoms with Crippen molar-refractivity contribution in [1.29, 1.82) is 0 Å². The van der Waals surface area contributed by atoms with Crippen molar-refractivity contribution in [3.8, 4) is 0 Å². The van der Waals surface area contributed by atoms with Crippen LogP contribution in [0, 0.1) is 11.8 Å². The lowest BCUT2D eigenvalue weighted by atomic mass is 9.93. The highest BCUT2D eigenvalue weighted by Crippen LogP contribution is 2.13. The van der Waals surface area contributed by atoms with Gasteiger partial charge in [0.1, 0.15) is 0 Å². The Kier molecular flexibility index (Phi) is 6.39. The zero-order valence-corrected chi connectivity index (χ0v) is 8.59. The molecule has 0 rings (SSSR count). The van der Waals surface area contributed by atoms with Crippen LogP contribution in [-0.2, 0) is 0 Å². The molecule has 0 heterocycles. The molecule has 12 heavy (non-hydrogen) atoms. The first-order valence-electron chi connectivity index (χ1n) is 4.96. The summed E-state index contributed by atoms with van der Waals surface area (Å²) in [5.74, 6) is 1.06. The van der Waals surface area contributed by atoms with E-state index in [4.69, 9.17) is 10.8 Å². The molecule has 3 N–H and O–H groups in total. The van der Waals surface area contributed by atoms with Crippen LogP contribution in [0.4, 0.5) is 0 Å². The maximum atomic E-state index is 8.95. The Labute approximate surface area is 76.2 Å². The number of rotatable bonds is 6. The summed E-state index contributed by atoms with van der Waals surface area (Å²) >= 11 is 0. The molecule has 0 saturated heterocycles. The second-order valence-electron chi connectivity index (χ2n) is 4.08. The molecule has 0 saturated carbocycles. The average Bonchev–Trinajstić information content (AvgIpc) is 1.98. The van der Waals surface area contributed by atoms with E-state index < -0.39 is 0 Å². The third kappa shape index (κ3) is 5.56. The minimum absolute atomic E-state index is 0.266. The summed E-state index contributed by atoms with van der Waals surface area (Å²) in [6.45, 7) is 6.74. The third-order valence-electron chi connectivity index (χ3n) is 2.25. The SMILES string of the molecule is CCC(CO)C[C@@H](N)CC(C)C. The predicted octanol–water partition coefficient (Wildman–Crippen LogP) is 1.77. The number of aliphatic hydroxyl groups is 1. The van der Waals surface area contributed by atoms with Gasteiger partial charge in [-0.15, -0.1) is 0 Å². The number of hydrogen-bond donors (Lipinski definition) is 2. The Morgan fingerprint density at radius 2 is 1.83 bits per heavy atom. The second-order valence-corrected chi connectivity index (χ2v) is 4.08. The Bertz CT molecular complexity index is 100. The van der Waals surface area contributed by atoms with Crippen molar-refractivity contribution in [3.05, 3.63) is 0 Å². The highest BCUT2D eigenvalue weighted by molar-refractivity contribution is 4.68. The van der Waals surface area contributed by atoms with Crippen molar-refractivity contribution in [3.63, 3.8) is 0 Å². The van der Waals surface area contributed by atoms with Crippen molar-refractivity contribution >= 4 is 0 Å². The number of nitrogens with two attached hydrogens (primary N) is 1. The minimum Gasteiger partial charge on any atom is -0.396 e. The molecule has 0 fully saturated rings. The van der Waals surface area contributed by atoms with E-state index >= 15 is 0 Å². The largest absolute Gasteiger partial charge is 0.396 e. The molecule has 2 nitrogen and oxygen atoms in total. The minimum atomic E-state index is 0.266. The monoisotopic (exact) mass is 173 g/mol. The van der Waals surface area contributed by atoms with E-state index in [0.717, 1.165) is 19.3 Å². The average molecular weight is 173 g/mol. The molecule has 0 aromatic heterocycles. The third-order valence-corrected chi connectivity index (χ3v) is 2.25. The fourth-order valence-corrected chi connectivity index (χ4v) is 1.50. The maximum Gasteiger partial charge on any atom is 0.0459 e. The van der Waals surface area contributed by atoms with Gasteiger partial charge in [-0.1, -0.05) is 27.2 Å². The maximum absolute atomic E-state index is 8.95. The topological polar surface area (TPSA) is 46.2 Å². The van der Waals surface area contributed by atoms with Gasteiger partial charge in [0.2, 0.25) is 0 Å². The summed E-state index contributed by atoms with van der Waals surface area (Å²) in [4.78, 5) is 0. The first kappa shape index (κ1) is 11.9. The number of hydrogen-bond acceptors (Lipinski definition) is 2. The quantitative estimate of drug-likeness (QED) is 0.643. The molecule has 0 aliphatic heterocycles. The zero-order valence-electron chi connectivity index (χ0n) is 8.59. The van der Waals surface area contributed by atoms with Crippen LogP contribution in [0.5, 0.6) is 0 Å². The zero-order chi connectivity index (χ0) is 9.56. The van der Waals surface area contributed by atoms with Gasteiger partial charge in [0.25, 0.3) is 0 Å². The molecule has 0 spiro atoms. The summed E-state index contributed by atoms with van der Waals surface area (Å²) in [5, 5.41) is 8.95. The Morgan fingerprint density at radius 3 is 2.17 bits per heavy atom. The highest BCUT2D eigenvalue weighted by atomic mass is 16.3. The van der Waals surface area contributed by atoms with E-state index in [9.17, 15) is 0 Å². The Hall–Kier alpha value is -0.0800. The highest BCUT2D eigenvalue weighted by Gasteiger charge is 2.11. The van der Waals surface area contributed by atoms with Gasteiger partial charge in [0.15, 0.2) is 0 Å². The second kappa shape index (κ2) is 6.44. The van der Waals surface area contributed by atoms with Crippen LogP contribution >= 0.6 is 0 Å². The first-order valence-corrected chi connectivity index (χ1v) is 4.96. The van der Waals surface area contributed by atoms with Gasteiger partial charge < -0.3 is 10.8 Å². The van der Waals surface area contributed by atoms with Gasteiger partial charge in [-0.2, -0.15) is 0 Å². The lowest BCUT2D eigenvalue weighted by Crippen LogP contribution is -2.26. The van der Waals surface area contributed by atoms with E-state index in [2.05, 4.69) is 20.8 Å². The standard InChI is InChI=1S/C10H23NO/c1-4-9(7-12)6-10(11)5-8(2)3/h8-10,12H,4-7,11H2,1-3H3/t9?,10-/m0/s1. The summed E-state index contributed by atoms with van der Waals surface area (Å²) in [7, 11) is 0. The molecule has 1 unspecified atom stereocenters. The molecule has 0 aromatic rings. The van der Waals surface area contributed by atoms with Gasteiger partial charge in [0.05, 0.1) is 0 Å². The van der Waals surface area contributed by atoms with Crippen molar-refractivity contribution in [2.45, 2.75) is 46.1 Å². The molecule has 74 valence electrons. The smallest absolute Gasteiger partial charge is 0.0459 e. The van der Waals surface area contributed by atoms with Gasteiger partial charge in [-0.05, 0) is 24.7 Å². The molecule has 0 aliphatic rings. The molecule has 0 radical (unpaired) electrons. The van der Waals surface area contributed by atoms with E-state index in [-0.39, 0.29) is 12.6 Å². The fourth-order valence-electron chi connectivity index (χ4n) is 1.50. The van der Waals surface area contributed by atoms with Crippen molar-refractivity contribution in [2.75, 3.05) is 6.61 Å². The molecule has 0 aliphatic carbocycles. The van der Waals surface area contributed by atoms with E-state index in [1.54, 1.807) is 0 Å². The van der Waals surface area contributed by atoms with Crippen LogP contribution < -0.4 is 5.73 Å². The predicted molar refractivity (Wildman–Crippen MR) is 52.9 cm³/mol. The molecule has 2 heteroatoms. The van der Waals surface area contributed by atoms with Crippen LogP contribution in [-0.4, -0.2) is 17.8 Å². The normalized spacial score (nSPS) is 16.5. The van der Waals surface area contributed by atoms with Crippen LogP contribution in [0.3, 0.4) is 0 Å². The summed E-state index contributed by atoms with van der Waals surface area (Å²) in [6.07, 6.45) is 3.06.